The Balaban J connectivity index is 2.07. The second-order valence-electron chi connectivity index (χ2n) is 4.29. The van der Waals surface area contributed by atoms with Gasteiger partial charge in [0.1, 0.15) is 18.3 Å². The van der Waals surface area contributed by atoms with Crippen LogP contribution in [0.4, 0.5) is 11.4 Å². The summed E-state index contributed by atoms with van der Waals surface area (Å²) in [4.78, 5) is 0. The molecule has 0 saturated carbocycles. The molecule has 0 radical (unpaired) electrons. The summed E-state index contributed by atoms with van der Waals surface area (Å²) >= 11 is 0. The van der Waals surface area contributed by atoms with Crippen molar-refractivity contribution in [2.45, 2.75) is 24.5 Å². The van der Waals surface area contributed by atoms with Gasteiger partial charge in [0.05, 0.1) is 6.61 Å². The Kier molecular flexibility index (Phi) is 4.32. The predicted molar refractivity (Wildman–Crippen MR) is 63.6 cm³/mol. The first-order chi connectivity index (χ1) is 9.02. The topological polar surface area (TPSA) is 130 Å². The number of ether oxygens (including phenoxy) is 1. The van der Waals surface area contributed by atoms with Gasteiger partial charge in [-0.15, -0.1) is 0 Å². The van der Waals surface area contributed by atoms with Crippen molar-refractivity contribution in [2.24, 2.45) is 0 Å². The molecule has 1 aliphatic heterocycles. The van der Waals surface area contributed by atoms with E-state index < -0.39 is 36.4 Å². The molecule has 1 fully saturated rings. The number of nitrogens with one attached hydrogen (secondary N) is 2. The molecule has 0 aromatic heterocycles. The Labute approximate surface area is 109 Å². The highest BCUT2D eigenvalue weighted by atomic mass is 16.8. The molecule has 1 aromatic rings. The number of anilines is 1. The van der Waals surface area contributed by atoms with E-state index in [0.29, 0.717) is 5.69 Å². The average Bonchev–Trinajstić information content (AvgIpc) is 2.67. The van der Waals surface area contributed by atoms with Gasteiger partial charge in [0.2, 0.25) is 0 Å². The van der Waals surface area contributed by atoms with Gasteiger partial charge in [-0.2, -0.15) is 5.23 Å². The molecule has 106 valence electrons. The highest BCUT2D eigenvalue weighted by Gasteiger charge is 2.42. The van der Waals surface area contributed by atoms with Crippen molar-refractivity contribution < 1.29 is 30.5 Å². The van der Waals surface area contributed by atoms with Crippen molar-refractivity contribution in [2.75, 3.05) is 11.9 Å². The van der Waals surface area contributed by atoms with Crippen molar-refractivity contribution in [1.82, 2.24) is 0 Å². The van der Waals surface area contributed by atoms with E-state index >= 15 is 0 Å². The number of quaternary nitrogens is 1. The lowest BCUT2D eigenvalue weighted by molar-refractivity contribution is -0.991. The van der Waals surface area contributed by atoms with Crippen molar-refractivity contribution in [3.63, 3.8) is 0 Å². The van der Waals surface area contributed by atoms with Crippen molar-refractivity contribution >= 4 is 11.4 Å². The molecule has 6 N–H and O–H groups in total. The number of benzene rings is 1. The van der Waals surface area contributed by atoms with E-state index in [-0.39, 0.29) is 5.69 Å². The number of hydrogen-bond acceptors (Lipinski definition) is 7. The minimum atomic E-state index is -1.20. The third-order valence-electron chi connectivity index (χ3n) is 2.96. The second kappa shape index (κ2) is 5.80. The zero-order valence-corrected chi connectivity index (χ0v) is 9.93. The Morgan fingerprint density at radius 2 is 2.05 bits per heavy atom. The fourth-order valence-electron chi connectivity index (χ4n) is 1.93. The molecular formula is C11H16N2O6. The fraction of sp³-hybridized carbons (Fsp3) is 0.455. The van der Waals surface area contributed by atoms with Crippen LogP contribution in [-0.4, -0.2) is 51.7 Å². The molecule has 8 nitrogen and oxygen atoms in total. The molecule has 0 spiro atoms. The van der Waals surface area contributed by atoms with E-state index in [1.54, 1.807) is 12.1 Å². The Morgan fingerprint density at radius 1 is 1.32 bits per heavy atom. The summed E-state index contributed by atoms with van der Waals surface area (Å²) in [6.45, 7) is -0.411. The van der Waals surface area contributed by atoms with E-state index in [2.05, 4.69) is 5.32 Å². The van der Waals surface area contributed by atoms with Crippen LogP contribution in [0.5, 0.6) is 0 Å². The van der Waals surface area contributed by atoms with Gasteiger partial charge in [-0.05, 0) is 6.07 Å². The Morgan fingerprint density at radius 3 is 2.63 bits per heavy atom. The first-order valence-electron chi connectivity index (χ1n) is 5.75. The van der Waals surface area contributed by atoms with Crippen molar-refractivity contribution in [1.29, 1.82) is 0 Å². The Hall–Kier alpha value is -1.26. The minimum absolute atomic E-state index is 0.0942. The van der Waals surface area contributed by atoms with Gasteiger partial charge in [0.25, 0.3) is 0 Å². The lowest BCUT2D eigenvalue weighted by Gasteiger charge is -2.19. The zero-order chi connectivity index (χ0) is 14.0. The lowest BCUT2D eigenvalue weighted by Crippen LogP contribution is -2.99. The molecule has 19 heavy (non-hydrogen) atoms. The van der Waals surface area contributed by atoms with Gasteiger partial charge < -0.3 is 30.6 Å². The molecule has 1 heterocycles. The summed E-state index contributed by atoms with van der Waals surface area (Å²) in [5.41, 5.74) is 0.534. The van der Waals surface area contributed by atoms with Crippen LogP contribution < -0.4 is 10.5 Å². The van der Waals surface area contributed by atoms with Gasteiger partial charge in [0.15, 0.2) is 11.9 Å². The van der Waals surface area contributed by atoms with E-state index in [0.717, 1.165) is 0 Å². The van der Waals surface area contributed by atoms with E-state index in [4.69, 9.17) is 15.1 Å². The maximum atomic E-state index is 10.8. The van der Waals surface area contributed by atoms with Crippen LogP contribution in [0, 0.1) is 5.21 Å². The maximum Gasteiger partial charge on any atom is 0.165 e. The first-order valence-corrected chi connectivity index (χ1v) is 5.75. The Bertz CT molecular complexity index is 429. The maximum absolute atomic E-state index is 10.8. The summed E-state index contributed by atoms with van der Waals surface area (Å²) in [5, 5.41) is 49.7. The molecule has 1 aliphatic rings. The molecule has 0 bridgehead atoms. The molecular weight excluding hydrogens is 256 g/mol. The second-order valence-corrected chi connectivity index (χ2v) is 4.29. The molecule has 0 aliphatic carbocycles. The lowest BCUT2D eigenvalue weighted by atomic mass is 10.1. The molecule has 2 unspecified atom stereocenters. The molecule has 2 rings (SSSR count). The summed E-state index contributed by atoms with van der Waals surface area (Å²) in [6, 6.07) is 5.98. The quantitative estimate of drug-likeness (QED) is 0.348. The SMILES string of the molecule is [O-][NH+](O)c1cccc(NC2O[C@H](CO)[C@@H](O)[C@H]2O)c1. The number of aliphatic hydroxyl groups is 3. The van der Waals surface area contributed by atoms with Gasteiger partial charge >= 0.3 is 0 Å². The van der Waals surface area contributed by atoms with Crippen LogP contribution in [0.15, 0.2) is 24.3 Å². The van der Waals surface area contributed by atoms with Gasteiger partial charge in [-0.3, -0.25) is 0 Å². The molecule has 1 aromatic carbocycles. The molecule has 1 saturated heterocycles. The van der Waals surface area contributed by atoms with E-state index in [9.17, 15) is 15.4 Å². The fourth-order valence-corrected chi connectivity index (χ4v) is 1.93. The largest absolute Gasteiger partial charge is 0.595 e. The van der Waals surface area contributed by atoms with Gasteiger partial charge in [-0.25, -0.2) is 5.21 Å². The molecule has 5 atom stereocenters. The molecule has 8 heteroatoms. The highest BCUT2D eigenvalue weighted by Crippen LogP contribution is 2.23. The highest BCUT2D eigenvalue weighted by molar-refractivity contribution is 5.51. The van der Waals surface area contributed by atoms with Crippen molar-refractivity contribution in [3.8, 4) is 0 Å². The zero-order valence-electron chi connectivity index (χ0n) is 9.93. The van der Waals surface area contributed by atoms with Crippen LogP contribution in [-0.2, 0) is 4.74 Å². The van der Waals surface area contributed by atoms with E-state index in [1.807, 2.05) is 0 Å². The predicted octanol–water partition coefficient (Wildman–Crippen LogP) is -2.06. The normalized spacial score (nSPS) is 32.3. The van der Waals surface area contributed by atoms with Crippen LogP contribution in [0.2, 0.25) is 0 Å². The van der Waals surface area contributed by atoms with Gasteiger partial charge in [0, 0.05) is 17.8 Å². The minimum Gasteiger partial charge on any atom is -0.595 e. The van der Waals surface area contributed by atoms with Crippen molar-refractivity contribution in [3.05, 3.63) is 29.5 Å². The summed E-state index contributed by atoms with van der Waals surface area (Å²) in [7, 11) is 0. The van der Waals surface area contributed by atoms with Gasteiger partial charge in [-0.1, -0.05) is 6.07 Å². The number of rotatable bonds is 4. The smallest absolute Gasteiger partial charge is 0.165 e. The van der Waals surface area contributed by atoms with E-state index in [1.165, 1.54) is 12.1 Å². The number of hydrogen-bond donors (Lipinski definition) is 6. The summed E-state index contributed by atoms with van der Waals surface area (Å²) < 4.78 is 5.23. The standard InChI is InChI=1S/C11H16N2O6/c14-5-8-9(15)10(16)11(19-8)12-6-2-1-3-7(4-6)13(17)18/h1-4,8-17H,5H2/t8-,9-,10-,11?/m1/s1. The summed E-state index contributed by atoms with van der Waals surface area (Å²) in [5.74, 6) is 0. The third kappa shape index (κ3) is 3.01. The third-order valence-corrected chi connectivity index (χ3v) is 2.96. The number of aliphatic hydroxyl groups excluding tert-OH is 3. The first kappa shape index (κ1) is 14.2. The molecule has 0 amide bonds. The van der Waals surface area contributed by atoms with Crippen LogP contribution >= 0.6 is 0 Å². The average molecular weight is 272 g/mol. The van der Waals surface area contributed by atoms with Crippen LogP contribution in [0.25, 0.3) is 0 Å². The van der Waals surface area contributed by atoms with Crippen LogP contribution in [0.3, 0.4) is 0 Å². The monoisotopic (exact) mass is 272 g/mol. The van der Waals surface area contributed by atoms with Crippen LogP contribution in [0.1, 0.15) is 0 Å². The summed E-state index contributed by atoms with van der Waals surface area (Å²) in [6.07, 6.45) is -4.16.